The normalized spacial score (nSPS) is 11.0. The van der Waals surface area contributed by atoms with Gasteiger partial charge in [0.15, 0.2) is 0 Å². The van der Waals surface area contributed by atoms with Crippen LogP contribution in [0.1, 0.15) is 38.2 Å². The van der Waals surface area contributed by atoms with Gasteiger partial charge in [-0.25, -0.2) is 9.97 Å². The van der Waals surface area contributed by atoms with Gasteiger partial charge < -0.3 is 11.1 Å². The first kappa shape index (κ1) is 13.3. The number of hydrogen-bond acceptors (Lipinski definition) is 5. The summed E-state index contributed by atoms with van der Waals surface area (Å²) in [5, 5.41) is 7.65. The minimum Gasteiger partial charge on any atom is -0.384 e. The quantitative estimate of drug-likeness (QED) is 0.881. The third-order valence-electron chi connectivity index (χ3n) is 2.78. The second-order valence-electron chi connectivity index (χ2n) is 4.83. The Hall–Kier alpha value is -2.11. The van der Waals surface area contributed by atoms with Crippen LogP contribution in [0.15, 0.2) is 12.3 Å². The van der Waals surface area contributed by atoms with Gasteiger partial charge in [0, 0.05) is 25.2 Å². The third-order valence-corrected chi connectivity index (χ3v) is 2.78. The molecule has 0 aliphatic carbocycles. The van der Waals surface area contributed by atoms with Gasteiger partial charge in [-0.15, -0.1) is 0 Å². The monoisotopic (exact) mass is 260 g/mol. The summed E-state index contributed by atoms with van der Waals surface area (Å²) in [6.07, 6.45) is 2.80. The molecule has 6 heteroatoms. The number of aryl methyl sites for hydroxylation is 2. The molecular formula is C13H20N6. The lowest BCUT2D eigenvalue weighted by Crippen LogP contribution is -2.05. The van der Waals surface area contributed by atoms with Crippen LogP contribution in [0.2, 0.25) is 0 Å². The van der Waals surface area contributed by atoms with E-state index in [9.17, 15) is 0 Å². The van der Waals surface area contributed by atoms with Crippen LogP contribution in [-0.2, 0) is 13.5 Å². The standard InChI is InChI=1S/C13H20N6/c1-5-9-10(7-19(4)18-9)15-12-6-11(14)16-13(17-12)8(2)3/h6-8H,5H2,1-4H3,(H3,14,15,16,17). The summed E-state index contributed by atoms with van der Waals surface area (Å²) in [7, 11) is 1.90. The first-order valence-electron chi connectivity index (χ1n) is 6.43. The summed E-state index contributed by atoms with van der Waals surface area (Å²) >= 11 is 0. The number of hydrogen-bond donors (Lipinski definition) is 2. The zero-order valence-electron chi connectivity index (χ0n) is 11.8. The van der Waals surface area contributed by atoms with Crippen molar-refractivity contribution in [1.82, 2.24) is 19.7 Å². The third kappa shape index (κ3) is 3.01. The number of nitrogen functional groups attached to an aromatic ring is 1. The molecule has 0 aliphatic rings. The molecule has 0 aromatic carbocycles. The predicted octanol–water partition coefficient (Wildman–Crippen LogP) is 2.22. The first-order chi connectivity index (χ1) is 8.99. The molecule has 0 saturated carbocycles. The van der Waals surface area contributed by atoms with Crippen molar-refractivity contribution in [3.63, 3.8) is 0 Å². The van der Waals surface area contributed by atoms with Crippen LogP contribution in [0, 0.1) is 0 Å². The van der Waals surface area contributed by atoms with E-state index in [4.69, 9.17) is 5.73 Å². The fraction of sp³-hybridized carbons (Fsp3) is 0.462. The Balaban J connectivity index is 2.32. The smallest absolute Gasteiger partial charge is 0.136 e. The van der Waals surface area contributed by atoms with E-state index in [1.54, 1.807) is 10.7 Å². The molecule has 19 heavy (non-hydrogen) atoms. The summed E-state index contributed by atoms with van der Waals surface area (Å²) in [5.74, 6) is 2.16. The molecule has 0 spiro atoms. The van der Waals surface area contributed by atoms with Crippen molar-refractivity contribution in [3.05, 3.63) is 23.8 Å². The number of rotatable bonds is 4. The maximum absolute atomic E-state index is 5.81. The summed E-state index contributed by atoms with van der Waals surface area (Å²) < 4.78 is 1.79. The Morgan fingerprint density at radius 1 is 1.37 bits per heavy atom. The number of nitrogens with two attached hydrogens (primary N) is 1. The van der Waals surface area contributed by atoms with E-state index >= 15 is 0 Å². The van der Waals surface area contributed by atoms with E-state index in [1.165, 1.54) is 0 Å². The van der Waals surface area contributed by atoms with Crippen LogP contribution < -0.4 is 11.1 Å². The Bertz CT molecular complexity index is 573. The second-order valence-corrected chi connectivity index (χ2v) is 4.83. The summed E-state index contributed by atoms with van der Waals surface area (Å²) in [4.78, 5) is 8.70. The van der Waals surface area contributed by atoms with Crippen LogP contribution in [0.4, 0.5) is 17.3 Å². The summed E-state index contributed by atoms with van der Waals surface area (Å²) in [6, 6.07) is 1.73. The van der Waals surface area contributed by atoms with Crippen molar-refractivity contribution in [2.45, 2.75) is 33.1 Å². The highest BCUT2D eigenvalue weighted by atomic mass is 15.3. The zero-order chi connectivity index (χ0) is 14.0. The van der Waals surface area contributed by atoms with Crippen molar-refractivity contribution in [2.24, 2.45) is 7.05 Å². The maximum atomic E-state index is 5.81. The molecule has 3 N–H and O–H groups in total. The van der Waals surface area contributed by atoms with E-state index < -0.39 is 0 Å². The first-order valence-corrected chi connectivity index (χ1v) is 6.43. The lowest BCUT2D eigenvalue weighted by molar-refractivity contribution is 0.746. The molecule has 102 valence electrons. The molecule has 0 bridgehead atoms. The van der Waals surface area contributed by atoms with Gasteiger partial charge in [0.1, 0.15) is 17.5 Å². The van der Waals surface area contributed by atoms with E-state index in [0.29, 0.717) is 11.6 Å². The van der Waals surface area contributed by atoms with Gasteiger partial charge in [-0.1, -0.05) is 20.8 Å². The Kier molecular flexibility index (Phi) is 3.69. The lowest BCUT2D eigenvalue weighted by Gasteiger charge is -2.09. The van der Waals surface area contributed by atoms with Crippen molar-refractivity contribution in [3.8, 4) is 0 Å². The van der Waals surface area contributed by atoms with Crippen molar-refractivity contribution in [2.75, 3.05) is 11.1 Å². The summed E-state index contributed by atoms with van der Waals surface area (Å²) in [6.45, 7) is 6.15. The van der Waals surface area contributed by atoms with Crippen LogP contribution >= 0.6 is 0 Å². The van der Waals surface area contributed by atoms with E-state index in [1.807, 2.05) is 27.1 Å². The highest BCUT2D eigenvalue weighted by molar-refractivity contribution is 5.60. The van der Waals surface area contributed by atoms with Gasteiger partial charge in [0.2, 0.25) is 0 Å². The molecule has 2 heterocycles. The summed E-state index contributed by atoms with van der Waals surface area (Å²) in [5.41, 5.74) is 7.78. The molecule has 0 amide bonds. The second kappa shape index (κ2) is 5.26. The van der Waals surface area contributed by atoms with Crippen molar-refractivity contribution in [1.29, 1.82) is 0 Å². The van der Waals surface area contributed by atoms with Crippen molar-refractivity contribution >= 4 is 17.3 Å². The molecule has 0 unspecified atom stereocenters. The molecule has 6 nitrogen and oxygen atoms in total. The van der Waals surface area contributed by atoms with Gasteiger partial charge in [-0.3, -0.25) is 4.68 Å². The number of nitrogens with one attached hydrogen (secondary N) is 1. The Morgan fingerprint density at radius 3 is 2.74 bits per heavy atom. The van der Waals surface area contributed by atoms with E-state index in [-0.39, 0.29) is 5.92 Å². The molecule has 0 aliphatic heterocycles. The van der Waals surface area contributed by atoms with Crippen LogP contribution in [0.5, 0.6) is 0 Å². The van der Waals surface area contributed by atoms with Gasteiger partial charge in [0.25, 0.3) is 0 Å². The minimum atomic E-state index is 0.239. The average molecular weight is 260 g/mol. The van der Waals surface area contributed by atoms with Crippen LogP contribution in [0.25, 0.3) is 0 Å². The van der Waals surface area contributed by atoms with E-state index in [2.05, 4.69) is 27.3 Å². The zero-order valence-corrected chi connectivity index (χ0v) is 11.8. The predicted molar refractivity (Wildman–Crippen MR) is 76.4 cm³/mol. The number of anilines is 3. The largest absolute Gasteiger partial charge is 0.384 e. The molecule has 0 radical (unpaired) electrons. The number of nitrogens with zero attached hydrogens (tertiary/aromatic N) is 4. The SMILES string of the molecule is CCc1nn(C)cc1Nc1cc(N)nc(C(C)C)n1. The lowest BCUT2D eigenvalue weighted by atomic mass is 10.2. The van der Waals surface area contributed by atoms with Gasteiger partial charge in [-0.05, 0) is 6.42 Å². The van der Waals surface area contributed by atoms with Crippen molar-refractivity contribution < 1.29 is 0 Å². The fourth-order valence-corrected chi connectivity index (χ4v) is 1.85. The Morgan fingerprint density at radius 2 is 2.11 bits per heavy atom. The van der Waals surface area contributed by atoms with Gasteiger partial charge in [0.05, 0.1) is 11.4 Å². The van der Waals surface area contributed by atoms with Gasteiger partial charge in [-0.2, -0.15) is 5.10 Å². The molecule has 0 atom stereocenters. The molecular weight excluding hydrogens is 240 g/mol. The van der Waals surface area contributed by atoms with E-state index in [0.717, 1.165) is 23.6 Å². The van der Waals surface area contributed by atoms with Crippen LogP contribution in [0.3, 0.4) is 0 Å². The topological polar surface area (TPSA) is 81.7 Å². The number of aromatic nitrogens is 4. The Labute approximate surface area is 113 Å². The van der Waals surface area contributed by atoms with Gasteiger partial charge >= 0.3 is 0 Å². The highest BCUT2D eigenvalue weighted by Gasteiger charge is 2.10. The molecule has 2 aromatic rings. The highest BCUT2D eigenvalue weighted by Crippen LogP contribution is 2.21. The fourth-order valence-electron chi connectivity index (χ4n) is 1.85. The maximum Gasteiger partial charge on any atom is 0.136 e. The minimum absolute atomic E-state index is 0.239. The molecule has 0 saturated heterocycles. The molecule has 2 rings (SSSR count). The molecule has 0 fully saturated rings. The molecule has 2 aromatic heterocycles. The average Bonchev–Trinajstić information content (AvgIpc) is 2.68. The van der Waals surface area contributed by atoms with Crippen LogP contribution in [-0.4, -0.2) is 19.7 Å².